The standard InChI is InChI=1S/C13H21ClFN3O2S/c1-10(2)16-7-4-8-18(3)21(19,20)17-11-5-6-12(14)13(15)9-11/h5-6,9-10,16-17H,4,7-8H2,1-3H3. The summed E-state index contributed by atoms with van der Waals surface area (Å²) in [6.07, 6.45) is 0.685. The molecule has 1 aromatic carbocycles. The zero-order valence-corrected chi connectivity index (χ0v) is 13.9. The molecule has 0 fully saturated rings. The molecule has 120 valence electrons. The lowest BCUT2D eigenvalue weighted by Gasteiger charge is -2.19. The van der Waals surface area contributed by atoms with Crippen molar-refractivity contribution in [2.75, 3.05) is 24.9 Å². The molecule has 21 heavy (non-hydrogen) atoms. The van der Waals surface area contributed by atoms with E-state index < -0.39 is 16.0 Å². The summed E-state index contributed by atoms with van der Waals surface area (Å²) < 4.78 is 40.9. The van der Waals surface area contributed by atoms with Gasteiger partial charge in [-0.25, -0.2) is 4.39 Å². The average Bonchev–Trinajstić information content (AvgIpc) is 2.38. The molecule has 0 amide bonds. The van der Waals surface area contributed by atoms with Gasteiger partial charge in [-0.05, 0) is 31.2 Å². The Balaban J connectivity index is 2.57. The van der Waals surface area contributed by atoms with Gasteiger partial charge in [-0.3, -0.25) is 4.72 Å². The largest absolute Gasteiger partial charge is 0.314 e. The van der Waals surface area contributed by atoms with E-state index in [-0.39, 0.29) is 10.7 Å². The second kappa shape index (κ2) is 7.93. The molecule has 8 heteroatoms. The van der Waals surface area contributed by atoms with Gasteiger partial charge in [0, 0.05) is 19.6 Å². The summed E-state index contributed by atoms with van der Waals surface area (Å²) in [5, 5.41) is 3.16. The number of anilines is 1. The van der Waals surface area contributed by atoms with Gasteiger partial charge >= 0.3 is 10.2 Å². The number of nitrogens with one attached hydrogen (secondary N) is 2. The van der Waals surface area contributed by atoms with Crippen LogP contribution in [0.3, 0.4) is 0 Å². The van der Waals surface area contributed by atoms with E-state index in [4.69, 9.17) is 11.6 Å². The van der Waals surface area contributed by atoms with Gasteiger partial charge in [-0.15, -0.1) is 0 Å². The van der Waals surface area contributed by atoms with Gasteiger partial charge in [0.25, 0.3) is 0 Å². The quantitative estimate of drug-likeness (QED) is 0.716. The van der Waals surface area contributed by atoms with Gasteiger partial charge in [-0.2, -0.15) is 12.7 Å². The van der Waals surface area contributed by atoms with Crippen LogP contribution in [-0.2, 0) is 10.2 Å². The van der Waals surface area contributed by atoms with Crippen LogP contribution in [-0.4, -0.2) is 38.9 Å². The molecular weight excluding hydrogens is 317 g/mol. The van der Waals surface area contributed by atoms with E-state index in [9.17, 15) is 12.8 Å². The van der Waals surface area contributed by atoms with Gasteiger partial charge in [0.2, 0.25) is 0 Å². The first-order valence-electron chi connectivity index (χ1n) is 6.65. The van der Waals surface area contributed by atoms with Crippen LogP contribution in [0.15, 0.2) is 18.2 Å². The van der Waals surface area contributed by atoms with E-state index in [1.807, 2.05) is 13.8 Å². The van der Waals surface area contributed by atoms with Crippen molar-refractivity contribution in [1.29, 1.82) is 0 Å². The Morgan fingerprint density at radius 2 is 2.05 bits per heavy atom. The van der Waals surface area contributed by atoms with Crippen LogP contribution in [0.2, 0.25) is 5.02 Å². The first-order valence-corrected chi connectivity index (χ1v) is 8.46. The summed E-state index contributed by atoms with van der Waals surface area (Å²) >= 11 is 5.55. The summed E-state index contributed by atoms with van der Waals surface area (Å²) in [7, 11) is -2.22. The number of hydrogen-bond acceptors (Lipinski definition) is 3. The van der Waals surface area contributed by atoms with Crippen molar-refractivity contribution in [3.05, 3.63) is 29.0 Å². The molecule has 5 nitrogen and oxygen atoms in total. The normalized spacial score (nSPS) is 12.1. The highest BCUT2D eigenvalue weighted by Gasteiger charge is 2.17. The van der Waals surface area contributed by atoms with Crippen molar-refractivity contribution in [3.63, 3.8) is 0 Å². The van der Waals surface area contributed by atoms with Crippen LogP contribution >= 0.6 is 11.6 Å². The average molecular weight is 338 g/mol. The predicted molar refractivity (Wildman–Crippen MR) is 84.3 cm³/mol. The fraction of sp³-hybridized carbons (Fsp3) is 0.538. The highest BCUT2D eigenvalue weighted by atomic mass is 35.5. The van der Waals surface area contributed by atoms with Gasteiger partial charge < -0.3 is 5.32 Å². The highest BCUT2D eigenvalue weighted by molar-refractivity contribution is 7.90. The third-order valence-corrected chi connectivity index (χ3v) is 4.58. The molecule has 0 spiro atoms. The molecule has 0 aliphatic heterocycles. The molecular formula is C13H21ClFN3O2S. The van der Waals surface area contributed by atoms with Crippen molar-refractivity contribution in [1.82, 2.24) is 9.62 Å². The number of rotatable bonds is 8. The van der Waals surface area contributed by atoms with E-state index >= 15 is 0 Å². The van der Waals surface area contributed by atoms with Gasteiger partial charge in [0.15, 0.2) is 0 Å². The number of nitrogens with zero attached hydrogens (tertiary/aromatic N) is 1. The smallest absolute Gasteiger partial charge is 0.301 e. The number of halogens is 2. The van der Waals surface area contributed by atoms with E-state index in [0.29, 0.717) is 19.0 Å². The highest BCUT2D eigenvalue weighted by Crippen LogP contribution is 2.19. The topological polar surface area (TPSA) is 61.4 Å². The maximum absolute atomic E-state index is 13.3. The maximum atomic E-state index is 13.3. The fourth-order valence-corrected chi connectivity index (χ4v) is 2.67. The zero-order chi connectivity index (χ0) is 16.0. The second-order valence-electron chi connectivity index (χ2n) is 5.02. The zero-order valence-electron chi connectivity index (χ0n) is 12.4. The Bertz CT molecular complexity index is 567. The van der Waals surface area contributed by atoms with Crippen molar-refractivity contribution >= 4 is 27.5 Å². The summed E-state index contributed by atoms with van der Waals surface area (Å²) in [5.74, 6) is -0.666. The molecule has 0 unspecified atom stereocenters. The summed E-state index contributed by atoms with van der Waals surface area (Å²) in [4.78, 5) is 0. The van der Waals surface area contributed by atoms with E-state index in [2.05, 4.69) is 10.0 Å². The van der Waals surface area contributed by atoms with Crippen LogP contribution < -0.4 is 10.0 Å². The predicted octanol–water partition coefficient (Wildman–Crippen LogP) is 2.46. The molecule has 0 heterocycles. The molecule has 0 saturated heterocycles. The SMILES string of the molecule is CC(C)NCCCN(C)S(=O)(=O)Nc1ccc(Cl)c(F)c1. The van der Waals surface area contributed by atoms with Crippen molar-refractivity contribution in [2.24, 2.45) is 0 Å². The second-order valence-corrected chi connectivity index (χ2v) is 7.20. The minimum atomic E-state index is -3.70. The van der Waals surface area contributed by atoms with E-state index in [1.54, 1.807) is 0 Å². The molecule has 0 aromatic heterocycles. The summed E-state index contributed by atoms with van der Waals surface area (Å²) in [5.41, 5.74) is 0.143. The Kier molecular flexibility index (Phi) is 6.86. The molecule has 0 radical (unpaired) electrons. The Labute approximate surface area is 130 Å². The Morgan fingerprint density at radius 1 is 1.38 bits per heavy atom. The Morgan fingerprint density at radius 3 is 2.62 bits per heavy atom. The van der Waals surface area contributed by atoms with Crippen molar-refractivity contribution in [2.45, 2.75) is 26.3 Å². The lowest BCUT2D eigenvalue weighted by Crippen LogP contribution is -2.35. The fourth-order valence-electron chi connectivity index (χ4n) is 1.60. The van der Waals surface area contributed by atoms with Crippen LogP contribution in [0, 0.1) is 5.82 Å². The minimum Gasteiger partial charge on any atom is -0.314 e. The first-order chi connectivity index (χ1) is 9.72. The van der Waals surface area contributed by atoms with E-state index in [1.165, 1.54) is 23.5 Å². The third-order valence-electron chi connectivity index (χ3n) is 2.78. The van der Waals surface area contributed by atoms with Crippen LogP contribution in [0.5, 0.6) is 0 Å². The van der Waals surface area contributed by atoms with E-state index in [0.717, 1.165) is 12.6 Å². The molecule has 0 bridgehead atoms. The molecule has 0 aliphatic rings. The number of hydrogen-bond donors (Lipinski definition) is 2. The van der Waals surface area contributed by atoms with Crippen LogP contribution in [0.1, 0.15) is 20.3 Å². The minimum absolute atomic E-state index is 0.0499. The maximum Gasteiger partial charge on any atom is 0.301 e. The lowest BCUT2D eigenvalue weighted by molar-refractivity contribution is 0.451. The van der Waals surface area contributed by atoms with Gasteiger partial charge in [0.05, 0.1) is 10.7 Å². The first kappa shape index (κ1) is 18.2. The molecule has 0 aliphatic carbocycles. The molecule has 1 rings (SSSR count). The molecule has 0 saturated carbocycles. The van der Waals surface area contributed by atoms with Crippen molar-refractivity contribution in [3.8, 4) is 0 Å². The number of benzene rings is 1. The lowest BCUT2D eigenvalue weighted by atomic mass is 10.3. The molecule has 2 N–H and O–H groups in total. The Hall–Kier alpha value is -0.890. The van der Waals surface area contributed by atoms with Gasteiger partial charge in [-0.1, -0.05) is 25.4 Å². The third kappa shape index (κ3) is 6.17. The van der Waals surface area contributed by atoms with Crippen molar-refractivity contribution < 1.29 is 12.8 Å². The van der Waals surface area contributed by atoms with Crippen LogP contribution in [0.25, 0.3) is 0 Å². The van der Waals surface area contributed by atoms with Gasteiger partial charge in [0.1, 0.15) is 5.82 Å². The molecule has 0 atom stereocenters. The van der Waals surface area contributed by atoms with Crippen LogP contribution in [0.4, 0.5) is 10.1 Å². The monoisotopic (exact) mass is 337 g/mol. The summed E-state index contributed by atoms with van der Waals surface area (Å²) in [6.45, 7) is 5.15. The summed E-state index contributed by atoms with van der Waals surface area (Å²) in [6, 6.07) is 4.13. The molecule has 1 aromatic rings.